The SMILES string of the molecule is NCCCN(Cc1ccccc1)C(=O)c1cnc2n(c1=O)CCS2. The summed E-state index contributed by atoms with van der Waals surface area (Å²) >= 11 is 1.54. The quantitative estimate of drug-likeness (QED) is 0.800. The predicted molar refractivity (Wildman–Crippen MR) is 94.1 cm³/mol. The van der Waals surface area contributed by atoms with Crippen molar-refractivity contribution in [1.82, 2.24) is 14.5 Å². The van der Waals surface area contributed by atoms with E-state index in [1.165, 1.54) is 18.0 Å². The first-order valence-corrected chi connectivity index (χ1v) is 8.95. The third kappa shape index (κ3) is 3.52. The second kappa shape index (κ2) is 7.63. The number of amides is 1. The molecule has 1 aromatic heterocycles. The van der Waals surface area contributed by atoms with Crippen molar-refractivity contribution < 1.29 is 4.79 Å². The van der Waals surface area contributed by atoms with E-state index in [4.69, 9.17) is 5.73 Å². The lowest BCUT2D eigenvalue weighted by Crippen LogP contribution is -2.37. The Bertz CT molecular complexity index is 776. The Hall–Kier alpha value is -2.12. The Balaban J connectivity index is 1.87. The van der Waals surface area contributed by atoms with E-state index in [1.807, 2.05) is 30.3 Å². The Labute approximate surface area is 144 Å². The maximum atomic E-state index is 12.9. The van der Waals surface area contributed by atoms with Crippen LogP contribution in [0, 0.1) is 0 Å². The zero-order chi connectivity index (χ0) is 16.9. The average molecular weight is 344 g/mol. The number of nitrogens with two attached hydrogens (primary N) is 1. The molecule has 6 nitrogen and oxygen atoms in total. The van der Waals surface area contributed by atoms with Crippen molar-refractivity contribution in [2.75, 3.05) is 18.8 Å². The first kappa shape index (κ1) is 16.7. The maximum Gasteiger partial charge on any atom is 0.267 e. The zero-order valence-corrected chi connectivity index (χ0v) is 14.2. The summed E-state index contributed by atoms with van der Waals surface area (Å²) in [7, 11) is 0. The van der Waals surface area contributed by atoms with Crippen LogP contribution in [-0.2, 0) is 13.1 Å². The summed E-state index contributed by atoms with van der Waals surface area (Å²) < 4.78 is 1.58. The number of thioether (sulfide) groups is 1. The minimum atomic E-state index is -0.281. The highest BCUT2D eigenvalue weighted by atomic mass is 32.2. The molecule has 0 bridgehead atoms. The van der Waals surface area contributed by atoms with Crippen LogP contribution in [0.15, 0.2) is 46.5 Å². The zero-order valence-electron chi connectivity index (χ0n) is 13.4. The lowest BCUT2D eigenvalue weighted by molar-refractivity contribution is 0.0739. The van der Waals surface area contributed by atoms with Crippen LogP contribution >= 0.6 is 11.8 Å². The molecule has 2 heterocycles. The van der Waals surface area contributed by atoms with Crippen LogP contribution in [0.1, 0.15) is 22.3 Å². The van der Waals surface area contributed by atoms with E-state index >= 15 is 0 Å². The van der Waals surface area contributed by atoms with Gasteiger partial charge in [0.1, 0.15) is 5.56 Å². The fraction of sp³-hybridized carbons (Fsp3) is 0.353. The van der Waals surface area contributed by atoms with Crippen molar-refractivity contribution in [2.45, 2.75) is 24.7 Å². The summed E-state index contributed by atoms with van der Waals surface area (Å²) in [6.07, 6.45) is 2.10. The summed E-state index contributed by atoms with van der Waals surface area (Å²) in [6, 6.07) is 9.73. The molecule has 0 saturated carbocycles. The summed E-state index contributed by atoms with van der Waals surface area (Å²) in [5.41, 5.74) is 6.50. The number of hydrogen-bond donors (Lipinski definition) is 1. The number of nitrogens with zero attached hydrogens (tertiary/aromatic N) is 3. The van der Waals surface area contributed by atoms with Crippen molar-refractivity contribution in [3.05, 3.63) is 58.0 Å². The number of hydrogen-bond acceptors (Lipinski definition) is 5. The van der Waals surface area contributed by atoms with Crippen LogP contribution in [0.3, 0.4) is 0 Å². The molecule has 24 heavy (non-hydrogen) atoms. The van der Waals surface area contributed by atoms with Gasteiger partial charge in [-0.1, -0.05) is 42.1 Å². The summed E-state index contributed by atoms with van der Waals surface area (Å²) in [5, 5.41) is 0.688. The molecule has 2 aromatic rings. The molecule has 0 atom stereocenters. The van der Waals surface area contributed by atoms with Crippen LogP contribution in [0.2, 0.25) is 0 Å². The van der Waals surface area contributed by atoms with E-state index in [-0.39, 0.29) is 17.0 Å². The Morgan fingerprint density at radius 2 is 2.12 bits per heavy atom. The van der Waals surface area contributed by atoms with Gasteiger partial charge in [0.25, 0.3) is 11.5 Å². The van der Waals surface area contributed by atoms with Crippen LogP contribution in [0.5, 0.6) is 0 Å². The lowest BCUT2D eigenvalue weighted by Gasteiger charge is -2.22. The van der Waals surface area contributed by atoms with E-state index in [2.05, 4.69) is 4.98 Å². The Kier molecular flexibility index (Phi) is 5.32. The van der Waals surface area contributed by atoms with E-state index in [1.54, 1.807) is 9.47 Å². The van der Waals surface area contributed by atoms with E-state index in [0.717, 1.165) is 11.3 Å². The van der Waals surface area contributed by atoms with Crippen molar-refractivity contribution >= 4 is 17.7 Å². The van der Waals surface area contributed by atoms with Gasteiger partial charge >= 0.3 is 0 Å². The smallest absolute Gasteiger partial charge is 0.267 e. The molecule has 7 heteroatoms. The van der Waals surface area contributed by atoms with Crippen LogP contribution in [0.25, 0.3) is 0 Å². The highest BCUT2D eigenvalue weighted by molar-refractivity contribution is 7.99. The third-order valence-corrected chi connectivity index (χ3v) is 4.89. The molecule has 0 saturated heterocycles. The lowest BCUT2D eigenvalue weighted by atomic mass is 10.2. The molecular formula is C17H20N4O2S. The highest BCUT2D eigenvalue weighted by Crippen LogP contribution is 2.21. The van der Waals surface area contributed by atoms with Gasteiger partial charge in [0.15, 0.2) is 5.16 Å². The van der Waals surface area contributed by atoms with Crippen molar-refractivity contribution in [1.29, 1.82) is 0 Å². The van der Waals surface area contributed by atoms with Gasteiger partial charge in [0, 0.05) is 31.6 Å². The molecular weight excluding hydrogens is 324 g/mol. The van der Waals surface area contributed by atoms with Gasteiger partial charge in [-0.2, -0.15) is 0 Å². The number of carbonyl (C=O) groups excluding carboxylic acids is 1. The number of aromatic nitrogens is 2. The molecule has 0 spiro atoms. The number of fused-ring (bicyclic) bond motifs is 1. The molecule has 0 fully saturated rings. The van der Waals surface area contributed by atoms with E-state index in [9.17, 15) is 9.59 Å². The van der Waals surface area contributed by atoms with Gasteiger partial charge in [0.05, 0.1) is 0 Å². The molecule has 1 aliphatic rings. The molecule has 2 N–H and O–H groups in total. The molecule has 1 amide bonds. The van der Waals surface area contributed by atoms with Gasteiger partial charge in [0.2, 0.25) is 0 Å². The number of rotatable bonds is 6. The standard InChI is InChI=1S/C17H20N4O2S/c18-7-4-8-20(12-13-5-2-1-3-6-13)15(22)14-11-19-17-21(16(14)23)9-10-24-17/h1-3,5-6,11H,4,7-10,12,18H2. The minimum Gasteiger partial charge on any atom is -0.334 e. The molecule has 126 valence electrons. The van der Waals surface area contributed by atoms with Gasteiger partial charge in [-0.25, -0.2) is 4.98 Å². The van der Waals surface area contributed by atoms with Gasteiger partial charge < -0.3 is 10.6 Å². The fourth-order valence-electron chi connectivity index (χ4n) is 2.67. The minimum absolute atomic E-state index is 0.134. The fourth-order valence-corrected chi connectivity index (χ4v) is 3.59. The third-order valence-electron chi connectivity index (χ3n) is 3.92. The van der Waals surface area contributed by atoms with E-state index < -0.39 is 0 Å². The normalized spacial score (nSPS) is 12.9. The second-order valence-corrected chi connectivity index (χ2v) is 6.68. The predicted octanol–water partition coefficient (Wildman–Crippen LogP) is 1.34. The summed E-state index contributed by atoms with van der Waals surface area (Å²) in [4.78, 5) is 31.4. The second-order valence-electron chi connectivity index (χ2n) is 5.61. The van der Waals surface area contributed by atoms with Crippen molar-refractivity contribution in [3.8, 4) is 0 Å². The van der Waals surface area contributed by atoms with Crippen LogP contribution in [-0.4, -0.2) is 39.2 Å². The van der Waals surface area contributed by atoms with Crippen LogP contribution < -0.4 is 11.3 Å². The summed E-state index contributed by atoms with van der Waals surface area (Å²) in [6.45, 7) is 2.07. The number of carbonyl (C=O) groups is 1. The maximum absolute atomic E-state index is 12.9. The number of benzene rings is 1. The molecule has 0 unspecified atom stereocenters. The first-order valence-electron chi connectivity index (χ1n) is 7.96. The topological polar surface area (TPSA) is 81.2 Å². The monoisotopic (exact) mass is 344 g/mol. The Morgan fingerprint density at radius 1 is 1.33 bits per heavy atom. The van der Waals surface area contributed by atoms with Crippen molar-refractivity contribution in [2.24, 2.45) is 5.73 Å². The average Bonchev–Trinajstić information content (AvgIpc) is 3.09. The summed E-state index contributed by atoms with van der Waals surface area (Å²) in [5.74, 6) is 0.540. The molecule has 1 aliphatic heterocycles. The van der Waals surface area contributed by atoms with Gasteiger partial charge in [-0.05, 0) is 18.5 Å². The molecule has 3 rings (SSSR count). The van der Waals surface area contributed by atoms with Gasteiger partial charge in [-0.3, -0.25) is 14.2 Å². The van der Waals surface area contributed by atoms with E-state index in [0.29, 0.717) is 37.8 Å². The molecule has 0 radical (unpaired) electrons. The van der Waals surface area contributed by atoms with Gasteiger partial charge in [-0.15, -0.1) is 0 Å². The molecule has 0 aliphatic carbocycles. The Morgan fingerprint density at radius 3 is 2.88 bits per heavy atom. The van der Waals surface area contributed by atoms with Crippen molar-refractivity contribution in [3.63, 3.8) is 0 Å². The largest absolute Gasteiger partial charge is 0.334 e. The highest BCUT2D eigenvalue weighted by Gasteiger charge is 2.23. The van der Waals surface area contributed by atoms with Crippen LogP contribution in [0.4, 0.5) is 0 Å². The first-order chi connectivity index (χ1) is 11.7. The molecule has 1 aromatic carbocycles.